The van der Waals surface area contributed by atoms with Crippen molar-refractivity contribution in [2.45, 2.75) is 321 Å². The van der Waals surface area contributed by atoms with Crippen LogP contribution in [0.5, 0.6) is 0 Å². The van der Waals surface area contributed by atoms with E-state index in [9.17, 15) is 20.1 Å². The molecule has 3 atom stereocenters. The highest BCUT2D eigenvalue weighted by Crippen LogP contribution is 2.18. The zero-order valence-electron chi connectivity index (χ0n) is 39.0. The van der Waals surface area contributed by atoms with E-state index in [1.807, 2.05) is 0 Å². The monoisotopic (exact) mass is 808 g/mol. The quantitative estimate of drug-likeness (QED) is 0.0461. The Labute approximate surface area is 357 Å². The molecule has 57 heavy (non-hydrogen) atoms. The summed E-state index contributed by atoms with van der Waals surface area (Å²) in [6.07, 6.45) is 56.7. The predicted octanol–water partition coefficient (Wildman–Crippen LogP) is 15.8. The minimum atomic E-state index is -1.13. The van der Waals surface area contributed by atoms with E-state index in [4.69, 9.17) is 0 Å². The molecule has 0 aliphatic carbocycles. The van der Waals surface area contributed by atoms with E-state index >= 15 is 0 Å². The van der Waals surface area contributed by atoms with Crippen LogP contribution in [-0.4, -0.2) is 46.1 Å². The first kappa shape index (κ1) is 56.4. The van der Waals surface area contributed by atoms with Crippen LogP contribution in [0.25, 0.3) is 0 Å². The Morgan fingerprint density at radius 2 is 0.596 bits per heavy atom. The molecule has 0 spiro atoms. The van der Waals surface area contributed by atoms with E-state index in [1.54, 1.807) is 0 Å². The normalized spacial score (nSPS) is 13.3. The van der Waals surface area contributed by atoms with Gasteiger partial charge in [0.05, 0.1) is 18.8 Å². The van der Waals surface area contributed by atoms with Gasteiger partial charge in [-0.1, -0.05) is 284 Å². The summed E-state index contributed by atoms with van der Waals surface area (Å²) in [7, 11) is 0. The van der Waals surface area contributed by atoms with E-state index in [0.717, 1.165) is 32.1 Å². The number of unbranched alkanes of at least 4 members (excludes halogenated alkanes) is 41. The van der Waals surface area contributed by atoms with Crippen molar-refractivity contribution in [3.8, 4) is 0 Å². The second kappa shape index (κ2) is 48.0. The molecule has 342 valence electrons. The minimum Gasteiger partial charge on any atom is -0.394 e. The van der Waals surface area contributed by atoms with Crippen molar-refractivity contribution < 1.29 is 20.1 Å². The molecule has 3 unspecified atom stereocenters. The number of carbonyl (C=O) groups excluding carboxylic acids is 1. The lowest BCUT2D eigenvalue weighted by Gasteiger charge is -2.26. The number of hydrogen-bond donors (Lipinski definition) is 4. The highest BCUT2D eigenvalue weighted by atomic mass is 16.3. The van der Waals surface area contributed by atoms with Crippen LogP contribution in [0.15, 0.2) is 0 Å². The Balaban J connectivity index is 3.50. The first-order chi connectivity index (χ1) is 28.1. The third-order valence-electron chi connectivity index (χ3n) is 12.7. The van der Waals surface area contributed by atoms with Gasteiger partial charge in [-0.15, -0.1) is 0 Å². The van der Waals surface area contributed by atoms with Crippen LogP contribution >= 0.6 is 0 Å². The second-order valence-electron chi connectivity index (χ2n) is 18.4. The lowest BCUT2D eigenvalue weighted by atomic mass is 9.99. The van der Waals surface area contributed by atoms with Crippen molar-refractivity contribution in [2.24, 2.45) is 0 Å². The molecule has 0 radical (unpaired) electrons. The molecule has 0 aromatic heterocycles. The highest BCUT2D eigenvalue weighted by molar-refractivity contribution is 5.76. The molecule has 0 aromatic rings. The molecular formula is C52H105NO4. The molecule has 5 nitrogen and oxygen atoms in total. The third kappa shape index (κ3) is 43.3. The SMILES string of the molecule is CCCCCCCCCCCCCCCCCCCCCCCCCCCC(=O)NC(CO)C(O)C(O)CCCCCCCCCCCCCCCCCCCC. The van der Waals surface area contributed by atoms with E-state index in [0.29, 0.717) is 12.8 Å². The molecule has 4 N–H and O–H groups in total. The Morgan fingerprint density at radius 1 is 0.368 bits per heavy atom. The van der Waals surface area contributed by atoms with Crippen LogP contribution in [0.3, 0.4) is 0 Å². The lowest BCUT2D eigenvalue weighted by molar-refractivity contribution is -0.124. The number of amides is 1. The van der Waals surface area contributed by atoms with Crippen molar-refractivity contribution in [3.63, 3.8) is 0 Å². The molecule has 0 fully saturated rings. The molecule has 1 amide bonds. The van der Waals surface area contributed by atoms with Crippen molar-refractivity contribution >= 4 is 5.91 Å². The van der Waals surface area contributed by atoms with Crippen molar-refractivity contribution in [3.05, 3.63) is 0 Å². The molecule has 0 bridgehead atoms. The van der Waals surface area contributed by atoms with Crippen molar-refractivity contribution in [1.82, 2.24) is 5.32 Å². The van der Waals surface area contributed by atoms with E-state index in [2.05, 4.69) is 19.2 Å². The fraction of sp³-hybridized carbons (Fsp3) is 0.981. The molecule has 0 rings (SSSR count). The minimum absolute atomic E-state index is 0.137. The summed E-state index contributed by atoms with van der Waals surface area (Å²) in [6.45, 7) is 4.22. The van der Waals surface area contributed by atoms with Crippen LogP contribution in [0.2, 0.25) is 0 Å². The molecular weight excluding hydrogens is 703 g/mol. The Kier molecular flexibility index (Phi) is 47.5. The predicted molar refractivity (Wildman–Crippen MR) is 250 cm³/mol. The summed E-state index contributed by atoms with van der Waals surface area (Å²) in [4.78, 5) is 12.5. The Bertz CT molecular complexity index is 762. The number of aliphatic hydroxyl groups is 3. The van der Waals surface area contributed by atoms with Crippen LogP contribution in [0.1, 0.15) is 303 Å². The van der Waals surface area contributed by atoms with Gasteiger partial charge in [-0.25, -0.2) is 0 Å². The summed E-state index contributed by atoms with van der Waals surface area (Å²) in [5.41, 5.74) is 0. The average molecular weight is 808 g/mol. The van der Waals surface area contributed by atoms with Crippen molar-refractivity contribution in [2.75, 3.05) is 6.61 Å². The Morgan fingerprint density at radius 3 is 0.842 bits per heavy atom. The molecule has 5 heteroatoms. The fourth-order valence-electron chi connectivity index (χ4n) is 8.64. The summed E-state index contributed by atoms with van der Waals surface area (Å²) >= 11 is 0. The topological polar surface area (TPSA) is 89.8 Å². The van der Waals surface area contributed by atoms with Crippen LogP contribution in [-0.2, 0) is 4.79 Å². The van der Waals surface area contributed by atoms with E-state index in [1.165, 1.54) is 244 Å². The van der Waals surface area contributed by atoms with E-state index in [-0.39, 0.29) is 12.5 Å². The first-order valence-electron chi connectivity index (χ1n) is 26.3. The van der Waals surface area contributed by atoms with Crippen molar-refractivity contribution in [1.29, 1.82) is 0 Å². The summed E-state index contributed by atoms with van der Waals surface area (Å²) < 4.78 is 0. The smallest absolute Gasteiger partial charge is 0.220 e. The second-order valence-corrected chi connectivity index (χ2v) is 18.4. The number of hydrogen-bond acceptors (Lipinski definition) is 4. The molecule has 0 saturated heterocycles. The zero-order chi connectivity index (χ0) is 41.5. The van der Waals surface area contributed by atoms with Crippen LogP contribution in [0, 0.1) is 0 Å². The summed E-state index contributed by atoms with van der Waals surface area (Å²) in [6, 6.07) is -0.803. The maximum Gasteiger partial charge on any atom is 0.220 e. The lowest BCUT2D eigenvalue weighted by Crippen LogP contribution is -2.50. The summed E-state index contributed by atoms with van der Waals surface area (Å²) in [5.74, 6) is -0.137. The maximum absolute atomic E-state index is 12.5. The van der Waals surface area contributed by atoms with E-state index < -0.39 is 18.2 Å². The van der Waals surface area contributed by atoms with Gasteiger partial charge in [0.1, 0.15) is 6.10 Å². The Hall–Kier alpha value is -0.650. The van der Waals surface area contributed by atoms with Gasteiger partial charge in [0.2, 0.25) is 5.91 Å². The van der Waals surface area contributed by atoms with Gasteiger partial charge in [0.25, 0.3) is 0 Å². The molecule has 0 aliphatic rings. The first-order valence-corrected chi connectivity index (χ1v) is 26.3. The number of carbonyl (C=O) groups is 1. The fourth-order valence-corrected chi connectivity index (χ4v) is 8.64. The average Bonchev–Trinajstić information content (AvgIpc) is 3.22. The van der Waals surface area contributed by atoms with Crippen LogP contribution < -0.4 is 5.32 Å². The van der Waals surface area contributed by atoms with Gasteiger partial charge in [0.15, 0.2) is 0 Å². The number of aliphatic hydroxyl groups excluding tert-OH is 3. The number of rotatable bonds is 49. The largest absolute Gasteiger partial charge is 0.394 e. The highest BCUT2D eigenvalue weighted by Gasteiger charge is 2.26. The molecule has 0 aromatic carbocycles. The molecule has 0 saturated carbocycles. The van der Waals surface area contributed by atoms with Gasteiger partial charge in [-0.2, -0.15) is 0 Å². The zero-order valence-corrected chi connectivity index (χ0v) is 39.0. The maximum atomic E-state index is 12.5. The summed E-state index contributed by atoms with van der Waals surface area (Å²) in [5, 5.41) is 33.7. The van der Waals surface area contributed by atoms with Gasteiger partial charge in [0, 0.05) is 6.42 Å². The van der Waals surface area contributed by atoms with Gasteiger partial charge >= 0.3 is 0 Å². The van der Waals surface area contributed by atoms with Gasteiger partial charge in [-0.3, -0.25) is 4.79 Å². The van der Waals surface area contributed by atoms with Gasteiger partial charge < -0.3 is 20.6 Å². The third-order valence-corrected chi connectivity index (χ3v) is 12.7. The molecule has 0 aliphatic heterocycles. The van der Waals surface area contributed by atoms with Gasteiger partial charge in [-0.05, 0) is 12.8 Å². The van der Waals surface area contributed by atoms with Crippen LogP contribution in [0.4, 0.5) is 0 Å². The number of nitrogens with one attached hydrogen (secondary N) is 1. The standard InChI is InChI=1S/C52H105NO4/c1-3-5-7-9-11-13-15-17-19-21-23-24-25-26-27-28-29-31-33-35-37-39-41-43-45-47-51(56)53-49(48-54)52(57)50(55)46-44-42-40-38-36-34-32-30-22-20-18-16-14-12-10-8-6-4-2/h49-50,52,54-55,57H,3-48H2,1-2H3,(H,53,56). The molecule has 0 heterocycles.